The molecule has 1 aliphatic heterocycles. The van der Waals surface area contributed by atoms with Crippen LogP contribution >= 0.6 is 45.8 Å². The Bertz CT molecular complexity index is 1470. The molecule has 0 bridgehead atoms. The van der Waals surface area contributed by atoms with Gasteiger partial charge in [-0.2, -0.15) is 0 Å². The molecule has 1 aliphatic rings. The van der Waals surface area contributed by atoms with Crippen molar-refractivity contribution in [3.05, 3.63) is 90.0 Å². The van der Waals surface area contributed by atoms with Crippen LogP contribution in [0.2, 0.25) is 10.0 Å². The van der Waals surface area contributed by atoms with Gasteiger partial charge in [0.05, 0.1) is 15.9 Å². The summed E-state index contributed by atoms with van der Waals surface area (Å²) >= 11 is 14.4. The van der Waals surface area contributed by atoms with E-state index in [2.05, 4.69) is 27.9 Å². The Kier molecular flexibility index (Phi) is 8.64. The molecule has 0 unspecified atom stereocenters. The minimum absolute atomic E-state index is 0.177. The van der Waals surface area contributed by atoms with Crippen molar-refractivity contribution in [2.75, 3.05) is 11.5 Å². The number of rotatable bonds is 7. The van der Waals surface area contributed by atoms with Crippen LogP contribution in [0.5, 0.6) is 11.5 Å². The molecule has 1 N–H and O–H groups in total. The number of anilines is 1. The maximum atomic E-state index is 13.3. The van der Waals surface area contributed by atoms with Gasteiger partial charge in [-0.1, -0.05) is 35.3 Å². The third-order valence-corrected chi connectivity index (χ3v) is 6.98. The fourth-order valence-corrected chi connectivity index (χ4v) is 5.25. The summed E-state index contributed by atoms with van der Waals surface area (Å²) in [5.74, 6) is -0.560. The topological polar surface area (TPSA) is 84.9 Å². The number of nitrogens with one attached hydrogen (secondary N) is 1. The summed E-state index contributed by atoms with van der Waals surface area (Å²) in [5, 5.41) is 3.27. The van der Waals surface area contributed by atoms with E-state index in [0.717, 1.165) is 21.6 Å². The molecule has 0 aliphatic carbocycles. The molecule has 0 spiro atoms. The van der Waals surface area contributed by atoms with E-state index in [0.29, 0.717) is 43.0 Å². The first-order valence-electron chi connectivity index (χ1n) is 11.6. The van der Waals surface area contributed by atoms with E-state index < -0.39 is 17.8 Å². The van der Waals surface area contributed by atoms with Crippen molar-refractivity contribution >= 4 is 75.4 Å². The SMILES string of the molecule is CCOc1cc(/C=C2\C(=O)NC(=O)N(c3cc(C)cc(C)c3)C2=O)cc(I)c1OCc1ccc(Cl)cc1Cl. The summed E-state index contributed by atoms with van der Waals surface area (Å²) in [7, 11) is 0. The smallest absolute Gasteiger partial charge is 0.335 e. The first-order chi connectivity index (χ1) is 18.1. The van der Waals surface area contributed by atoms with Crippen LogP contribution in [0.25, 0.3) is 6.08 Å². The van der Waals surface area contributed by atoms with Crippen molar-refractivity contribution in [3.8, 4) is 11.5 Å². The van der Waals surface area contributed by atoms with E-state index in [-0.39, 0.29) is 12.2 Å². The van der Waals surface area contributed by atoms with Crippen molar-refractivity contribution < 1.29 is 23.9 Å². The number of imide groups is 2. The molecular formula is C28H23Cl2IN2O5. The zero-order valence-corrected chi connectivity index (χ0v) is 24.4. The number of amides is 4. The van der Waals surface area contributed by atoms with Crippen molar-refractivity contribution in [1.29, 1.82) is 0 Å². The van der Waals surface area contributed by atoms with Gasteiger partial charge < -0.3 is 9.47 Å². The van der Waals surface area contributed by atoms with Gasteiger partial charge in [0.15, 0.2) is 11.5 Å². The van der Waals surface area contributed by atoms with Crippen LogP contribution in [0.3, 0.4) is 0 Å². The van der Waals surface area contributed by atoms with Crippen molar-refractivity contribution in [3.63, 3.8) is 0 Å². The summed E-state index contributed by atoms with van der Waals surface area (Å²) in [6, 6.07) is 13.2. The Balaban J connectivity index is 1.67. The maximum absolute atomic E-state index is 13.3. The normalized spacial score (nSPS) is 14.6. The number of ether oxygens (including phenoxy) is 2. The molecular weight excluding hydrogens is 642 g/mol. The first-order valence-corrected chi connectivity index (χ1v) is 13.4. The average molecular weight is 665 g/mol. The zero-order chi connectivity index (χ0) is 27.6. The van der Waals surface area contributed by atoms with Crippen molar-refractivity contribution in [1.82, 2.24) is 5.32 Å². The summed E-state index contributed by atoms with van der Waals surface area (Å²) in [6.07, 6.45) is 1.43. The number of nitrogens with zero attached hydrogens (tertiary/aromatic N) is 1. The second-order valence-electron chi connectivity index (χ2n) is 8.59. The number of halogens is 3. The zero-order valence-electron chi connectivity index (χ0n) is 20.7. The van der Waals surface area contributed by atoms with Gasteiger partial charge in [0.1, 0.15) is 12.2 Å². The fraction of sp³-hybridized carbons (Fsp3) is 0.179. The van der Waals surface area contributed by atoms with Gasteiger partial charge >= 0.3 is 6.03 Å². The maximum Gasteiger partial charge on any atom is 0.335 e. The molecule has 1 fully saturated rings. The fourth-order valence-electron chi connectivity index (χ4n) is 4.00. The molecule has 0 saturated carbocycles. The third kappa shape index (κ3) is 6.14. The molecule has 10 heteroatoms. The molecule has 38 heavy (non-hydrogen) atoms. The summed E-state index contributed by atoms with van der Waals surface area (Å²) in [5.41, 5.74) is 3.26. The lowest BCUT2D eigenvalue weighted by Crippen LogP contribution is -2.54. The summed E-state index contributed by atoms with van der Waals surface area (Å²) in [4.78, 5) is 39.6. The van der Waals surface area contributed by atoms with Crippen molar-refractivity contribution in [2.24, 2.45) is 0 Å². The predicted molar refractivity (Wildman–Crippen MR) is 156 cm³/mol. The second-order valence-corrected chi connectivity index (χ2v) is 10.6. The van der Waals surface area contributed by atoms with Gasteiger partial charge in [-0.15, -0.1) is 0 Å². The average Bonchev–Trinajstić information content (AvgIpc) is 2.82. The predicted octanol–water partition coefficient (Wildman–Crippen LogP) is 6.86. The standard InChI is InChI=1S/C28H23Cl2IN2O5/c1-4-37-24-12-17(11-23(31)25(24)38-14-18-5-6-19(29)13-22(18)30)10-21-26(34)32-28(36)33(27(21)35)20-8-15(2)7-16(3)9-20/h5-13H,4,14H2,1-3H3,(H,32,34,36)/b21-10+. The Morgan fingerprint density at radius 3 is 2.34 bits per heavy atom. The highest BCUT2D eigenvalue weighted by Crippen LogP contribution is 2.36. The minimum atomic E-state index is -0.795. The molecule has 0 radical (unpaired) electrons. The molecule has 3 aromatic rings. The number of carbonyl (C=O) groups is 3. The van der Waals surface area contributed by atoms with Gasteiger partial charge in [0.2, 0.25) is 0 Å². The third-order valence-electron chi connectivity index (χ3n) is 5.60. The van der Waals surface area contributed by atoms with Crippen LogP contribution in [0.1, 0.15) is 29.2 Å². The van der Waals surface area contributed by atoms with Crippen LogP contribution in [-0.4, -0.2) is 24.5 Å². The Labute approximate surface area is 243 Å². The van der Waals surface area contributed by atoms with E-state index in [1.807, 2.05) is 26.8 Å². The number of carbonyl (C=O) groups excluding carboxylic acids is 3. The van der Waals surface area contributed by atoms with Crippen LogP contribution in [0, 0.1) is 17.4 Å². The highest BCUT2D eigenvalue weighted by molar-refractivity contribution is 14.1. The molecule has 4 amide bonds. The molecule has 196 valence electrons. The number of urea groups is 1. The number of barbiturate groups is 1. The molecule has 7 nitrogen and oxygen atoms in total. The largest absolute Gasteiger partial charge is 0.490 e. The molecule has 3 aromatic carbocycles. The minimum Gasteiger partial charge on any atom is -0.490 e. The van der Waals surface area contributed by atoms with Gasteiger partial charge in [-0.3, -0.25) is 14.9 Å². The molecule has 1 heterocycles. The van der Waals surface area contributed by atoms with Gasteiger partial charge in [-0.05, 0) is 103 Å². The Morgan fingerprint density at radius 1 is 0.974 bits per heavy atom. The van der Waals surface area contributed by atoms with E-state index in [9.17, 15) is 14.4 Å². The first kappa shape index (κ1) is 27.9. The van der Waals surface area contributed by atoms with E-state index in [4.69, 9.17) is 32.7 Å². The van der Waals surface area contributed by atoms with E-state index in [1.54, 1.807) is 42.5 Å². The number of aryl methyl sites for hydroxylation is 2. The molecule has 4 rings (SSSR count). The number of hydrogen-bond acceptors (Lipinski definition) is 5. The summed E-state index contributed by atoms with van der Waals surface area (Å²) < 4.78 is 12.5. The second kappa shape index (κ2) is 11.8. The lowest BCUT2D eigenvalue weighted by molar-refractivity contribution is -0.122. The summed E-state index contributed by atoms with van der Waals surface area (Å²) in [6.45, 7) is 6.12. The molecule has 0 atom stereocenters. The van der Waals surface area contributed by atoms with Crippen LogP contribution < -0.4 is 19.7 Å². The monoisotopic (exact) mass is 664 g/mol. The van der Waals surface area contributed by atoms with Crippen LogP contribution in [-0.2, 0) is 16.2 Å². The van der Waals surface area contributed by atoms with Gasteiger partial charge in [0, 0.05) is 15.6 Å². The van der Waals surface area contributed by atoms with Crippen LogP contribution in [0.4, 0.5) is 10.5 Å². The van der Waals surface area contributed by atoms with Crippen molar-refractivity contribution in [2.45, 2.75) is 27.4 Å². The van der Waals surface area contributed by atoms with Gasteiger partial charge in [0.25, 0.3) is 11.8 Å². The molecule has 0 aromatic heterocycles. The number of benzene rings is 3. The van der Waals surface area contributed by atoms with E-state index >= 15 is 0 Å². The Morgan fingerprint density at radius 2 is 1.68 bits per heavy atom. The van der Waals surface area contributed by atoms with E-state index in [1.165, 1.54) is 6.08 Å². The van der Waals surface area contributed by atoms with Gasteiger partial charge in [-0.25, -0.2) is 9.69 Å². The number of hydrogen-bond donors (Lipinski definition) is 1. The highest BCUT2D eigenvalue weighted by atomic mass is 127. The highest BCUT2D eigenvalue weighted by Gasteiger charge is 2.37. The Hall–Kier alpha value is -3.08. The van der Waals surface area contributed by atoms with Crippen LogP contribution in [0.15, 0.2) is 54.1 Å². The lowest BCUT2D eigenvalue weighted by Gasteiger charge is -2.27. The lowest BCUT2D eigenvalue weighted by atomic mass is 10.0. The molecule has 1 saturated heterocycles. The quantitative estimate of drug-likeness (QED) is 0.170.